The molecule has 0 aromatic carbocycles. The van der Waals surface area contributed by atoms with Gasteiger partial charge in [0.25, 0.3) is 0 Å². The predicted molar refractivity (Wildman–Crippen MR) is 64.1 cm³/mol. The minimum absolute atomic E-state index is 0. The van der Waals surface area contributed by atoms with E-state index in [9.17, 15) is 18.0 Å². The van der Waals surface area contributed by atoms with Crippen LogP contribution in [0.2, 0.25) is 0 Å². The van der Waals surface area contributed by atoms with Crippen LogP contribution in [0.25, 0.3) is 0 Å². The average Bonchev–Trinajstić information content (AvgIpc) is 2.75. The van der Waals surface area contributed by atoms with Gasteiger partial charge in [-0.05, 0) is 12.8 Å². The summed E-state index contributed by atoms with van der Waals surface area (Å²) >= 11 is 0. The van der Waals surface area contributed by atoms with E-state index in [0.717, 1.165) is 6.42 Å². The van der Waals surface area contributed by atoms with E-state index in [4.69, 9.17) is 10.5 Å². The van der Waals surface area contributed by atoms with E-state index in [1.54, 1.807) is 0 Å². The summed E-state index contributed by atoms with van der Waals surface area (Å²) in [7, 11) is 0. The van der Waals surface area contributed by atoms with Gasteiger partial charge in [-0.15, -0.1) is 12.4 Å². The Hall–Kier alpha value is -0.570. The van der Waals surface area contributed by atoms with Crippen LogP contribution >= 0.6 is 12.4 Å². The van der Waals surface area contributed by atoms with Gasteiger partial charge in [0.15, 0.2) is 0 Å². The zero-order chi connectivity index (χ0) is 13.6. The molecule has 1 fully saturated rings. The zero-order valence-electron chi connectivity index (χ0n) is 10.2. The molecular formula is C10H18ClF3N2O3. The van der Waals surface area contributed by atoms with Gasteiger partial charge in [-0.25, -0.2) is 0 Å². The third-order valence-corrected chi connectivity index (χ3v) is 2.47. The maximum Gasteiger partial charge on any atom is 0.411 e. The molecule has 0 radical (unpaired) electrons. The van der Waals surface area contributed by atoms with Crippen LogP contribution in [-0.4, -0.2) is 50.6 Å². The Morgan fingerprint density at radius 3 is 2.63 bits per heavy atom. The van der Waals surface area contributed by atoms with E-state index >= 15 is 0 Å². The number of nitrogens with two attached hydrogens (primary N) is 1. The fourth-order valence-corrected chi connectivity index (χ4v) is 1.62. The maximum atomic E-state index is 11.7. The summed E-state index contributed by atoms with van der Waals surface area (Å²) in [6.45, 7) is -1.10. The Morgan fingerprint density at radius 2 is 2.11 bits per heavy atom. The first-order valence-corrected chi connectivity index (χ1v) is 5.70. The molecule has 0 aromatic heterocycles. The second-order valence-corrected chi connectivity index (χ2v) is 4.02. The molecule has 1 aliphatic heterocycles. The number of hydrogen-bond acceptors (Lipinski definition) is 4. The summed E-state index contributed by atoms with van der Waals surface area (Å²) < 4.78 is 44.9. The molecule has 2 atom stereocenters. The summed E-state index contributed by atoms with van der Waals surface area (Å²) in [5.41, 5.74) is 5.39. The van der Waals surface area contributed by atoms with E-state index in [-0.39, 0.29) is 37.6 Å². The first-order chi connectivity index (χ1) is 8.42. The number of hydrogen-bond donors (Lipinski definition) is 2. The van der Waals surface area contributed by atoms with Crippen molar-refractivity contribution in [1.29, 1.82) is 0 Å². The molecule has 0 saturated carbocycles. The van der Waals surface area contributed by atoms with Crippen molar-refractivity contribution in [3.8, 4) is 0 Å². The van der Waals surface area contributed by atoms with Crippen molar-refractivity contribution in [2.45, 2.75) is 31.2 Å². The third kappa shape index (κ3) is 7.56. The number of nitrogens with one attached hydrogen (secondary N) is 1. The highest BCUT2D eigenvalue weighted by atomic mass is 35.5. The maximum absolute atomic E-state index is 11.7. The Labute approximate surface area is 115 Å². The standard InChI is InChI=1S/C10H17F3N2O3.ClH/c11-10(12,13)6-17-4-3-15-9(16)8-2-1-7(5-14)18-8;/h7-8H,1-6,14H2,(H,15,16);1H/t7-,8+;/m1./s1. The normalized spacial score (nSPS) is 22.9. The quantitative estimate of drug-likeness (QED) is 0.705. The molecule has 0 spiro atoms. The Kier molecular flexibility index (Phi) is 8.31. The lowest BCUT2D eigenvalue weighted by Gasteiger charge is -2.13. The molecule has 0 bridgehead atoms. The molecule has 1 amide bonds. The smallest absolute Gasteiger partial charge is 0.370 e. The van der Waals surface area contributed by atoms with Gasteiger partial charge in [-0.2, -0.15) is 13.2 Å². The molecule has 0 aromatic rings. The molecule has 1 saturated heterocycles. The monoisotopic (exact) mass is 306 g/mol. The van der Waals surface area contributed by atoms with Crippen LogP contribution in [0.1, 0.15) is 12.8 Å². The molecule has 114 valence electrons. The summed E-state index contributed by atoms with van der Waals surface area (Å²) in [5, 5.41) is 2.46. The fourth-order valence-electron chi connectivity index (χ4n) is 1.62. The van der Waals surface area contributed by atoms with Gasteiger partial charge < -0.3 is 20.5 Å². The second kappa shape index (κ2) is 8.57. The van der Waals surface area contributed by atoms with Crippen LogP contribution in [0.5, 0.6) is 0 Å². The molecule has 1 aliphatic rings. The Morgan fingerprint density at radius 1 is 1.42 bits per heavy atom. The number of ether oxygens (including phenoxy) is 2. The van der Waals surface area contributed by atoms with Gasteiger partial charge in [0.2, 0.25) is 5.91 Å². The van der Waals surface area contributed by atoms with Crippen LogP contribution in [0, 0.1) is 0 Å². The summed E-state index contributed by atoms with van der Waals surface area (Å²) in [4.78, 5) is 11.5. The summed E-state index contributed by atoms with van der Waals surface area (Å²) in [6, 6.07) is 0. The summed E-state index contributed by atoms with van der Waals surface area (Å²) in [6.07, 6.45) is -3.70. The lowest BCUT2D eigenvalue weighted by atomic mass is 10.2. The number of rotatable bonds is 6. The van der Waals surface area contributed by atoms with Gasteiger partial charge in [-0.1, -0.05) is 0 Å². The molecule has 1 rings (SSSR count). The molecule has 9 heteroatoms. The minimum atomic E-state index is -4.34. The van der Waals surface area contributed by atoms with Crippen molar-refractivity contribution in [3.05, 3.63) is 0 Å². The number of alkyl halides is 3. The largest absolute Gasteiger partial charge is 0.411 e. The molecule has 0 unspecified atom stereocenters. The van der Waals surface area contributed by atoms with Crippen LogP contribution in [-0.2, 0) is 14.3 Å². The van der Waals surface area contributed by atoms with Crippen molar-refractivity contribution in [2.24, 2.45) is 5.73 Å². The Bertz CT molecular complexity index is 279. The zero-order valence-corrected chi connectivity index (χ0v) is 11.1. The van der Waals surface area contributed by atoms with Gasteiger partial charge in [-0.3, -0.25) is 4.79 Å². The van der Waals surface area contributed by atoms with E-state index < -0.39 is 18.9 Å². The summed E-state index contributed by atoms with van der Waals surface area (Å²) in [5.74, 6) is -0.332. The highest BCUT2D eigenvalue weighted by molar-refractivity contribution is 5.85. The molecule has 0 aliphatic carbocycles. The average molecular weight is 307 g/mol. The third-order valence-electron chi connectivity index (χ3n) is 2.47. The van der Waals surface area contributed by atoms with Gasteiger partial charge in [0, 0.05) is 13.1 Å². The first-order valence-electron chi connectivity index (χ1n) is 5.70. The van der Waals surface area contributed by atoms with Crippen molar-refractivity contribution < 1.29 is 27.4 Å². The van der Waals surface area contributed by atoms with E-state index in [0.29, 0.717) is 13.0 Å². The molecule has 5 nitrogen and oxygen atoms in total. The predicted octanol–water partition coefficient (Wildman–Crippen LogP) is 0.610. The van der Waals surface area contributed by atoms with Crippen molar-refractivity contribution >= 4 is 18.3 Å². The Balaban J connectivity index is 0.00000324. The molecule has 3 N–H and O–H groups in total. The van der Waals surface area contributed by atoms with E-state index in [2.05, 4.69) is 10.1 Å². The number of carbonyl (C=O) groups is 1. The van der Waals surface area contributed by atoms with Crippen molar-refractivity contribution in [1.82, 2.24) is 5.32 Å². The molecular weight excluding hydrogens is 289 g/mol. The van der Waals surface area contributed by atoms with Crippen LogP contribution in [0.4, 0.5) is 13.2 Å². The van der Waals surface area contributed by atoms with Gasteiger partial charge in [0.1, 0.15) is 12.7 Å². The number of amides is 1. The van der Waals surface area contributed by atoms with Crippen LogP contribution < -0.4 is 11.1 Å². The number of halogens is 4. The number of carbonyl (C=O) groups excluding carboxylic acids is 1. The van der Waals surface area contributed by atoms with Crippen molar-refractivity contribution in [3.63, 3.8) is 0 Å². The van der Waals surface area contributed by atoms with Gasteiger partial charge in [0.05, 0.1) is 12.7 Å². The highest BCUT2D eigenvalue weighted by Gasteiger charge is 2.30. The van der Waals surface area contributed by atoms with Crippen LogP contribution in [0.15, 0.2) is 0 Å². The second-order valence-electron chi connectivity index (χ2n) is 4.02. The van der Waals surface area contributed by atoms with Crippen molar-refractivity contribution in [2.75, 3.05) is 26.3 Å². The highest BCUT2D eigenvalue weighted by Crippen LogP contribution is 2.18. The first kappa shape index (κ1) is 18.4. The lowest BCUT2D eigenvalue weighted by Crippen LogP contribution is -2.37. The molecule has 19 heavy (non-hydrogen) atoms. The fraction of sp³-hybridized carbons (Fsp3) is 0.900. The van der Waals surface area contributed by atoms with Crippen LogP contribution in [0.3, 0.4) is 0 Å². The van der Waals surface area contributed by atoms with E-state index in [1.165, 1.54) is 0 Å². The topological polar surface area (TPSA) is 73.6 Å². The minimum Gasteiger partial charge on any atom is -0.370 e. The van der Waals surface area contributed by atoms with Gasteiger partial charge >= 0.3 is 6.18 Å². The molecule has 1 heterocycles. The van der Waals surface area contributed by atoms with E-state index in [1.807, 2.05) is 0 Å². The SMILES string of the molecule is Cl.NC[C@H]1CC[C@@H](C(=O)NCCOCC(F)(F)F)O1. The lowest BCUT2D eigenvalue weighted by molar-refractivity contribution is -0.173.